The molecule has 14 aromatic rings. The van der Waals surface area contributed by atoms with Gasteiger partial charge in [-0.05, 0) is 221 Å². The Morgan fingerprint density at radius 3 is 1.17 bits per heavy atom. The van der Waals surface area contributed by atoms with Crippen LogP contribution in [0.5, 0.6) is 0 Å². The second-order valence-corrected chi connectivity index (χ2v) is 35.6. The number of anilines is 5. The molecule has 10 aliphatic rings. The fourth-order valence-corrected chi connectivity index (χ4v) is 19.4. The summed E-state index contributed by atoms with van der Waals surface area (Å²) < 4.78 is 0. The van der Waals surface area contributed by atoms with E-state index in [-0.39, 0.29) is 35.4 Å². The largest absolute Gasteiger partial charge is 0.361 e. The minimum Gasteiger partial charge on any atom is -0.361 e. The number of nitrogens with one attached hydrogen (secondary N) is 2. The second-order valence-electron chi connectivity index (χ2n) is 35.6. The van der Waals surface area contributed by atoms with Crippen LogP contribution in [-0.2, 0) is 56.7 Å². The lowest BCUT2D eigenvalue weighted by Gasteiger charge is -2.17. The number of allylic oxidation sites excluding steroid dienone is 1. The zero-order chi connectivity index (χ0) is 91.1. The number of benzene rings is 13. The minimum atomic E-state index is -0.0689. The topological polar surface area (TPSA) is 211 Å². The van der Waals surface area contributed by atoms with Crippen LogP contribution >= 0.6 is 0 Å². The van der Waals surface area contributed by atoms with Gasteiger partial charge in [-0.25, -0.2) is 0 Å². The second kappa shape index (κ2) is 38.9. The van der Waals surface area contributed by atoms with Gasteiger partial charge in [-0.3, -0.25) is 53.7 Å². The van der Waals surface area contributed by atoms with E-state index in [9.17, 15) is 28.8 Å². The summed E-state index contributed by atoms with van der Waals surface area (Å²) in [6.07, 6.45) is 13.8. The van der Waals surface area contributed by atoms with Crippen LogP contribution in [0.15, 0.2) is 328 Å². The molecule has 0 bridgehead atoms. The zero-order valence-corrected chi connectivity index (χ0v) is 75.4. The number of rotatable bonds is 17. The van der Waals surface area contributed by atoms with Gasteiger partial charge in [0.1, 0.15) is 0 Å². The Bertz CT molecular complexity index is 7140. The summed E-state index contributed by atoms with van der Waals surface area (Å²) in [5.74, 6) is 1.01. The molecule has 0 atom stereocenters. The molecule has 13 aromatic carbocycles. The fraction of sp³-hybridized carbons (Fsp3) is 0.209. The number of H-pyrrole nitrogens is 1. The Hall–Kier alpha value is -15.5. The number of aliphatic imine (C=N–C) groups is 5. The van der Waals surface area contributed by atoms with E-state index >= 15 is 0 Å². The Kier molecular flexibility index (Phi) is 25.1. The van der Waals surface area contributed by atoms with Crippen molar-refractivity contribution in [3.8, 4) is 22.3 Å². The van der Waals surface area contributed by atoms with E-state index in [2.05, 4.69) is 264 Å². The van der Waals surface area contributed by atoms with Gasteiger partial charge < -0.3 is 39.7 Å². The lowest BCUT2D eigenvalue weighted by Crippen LogP contribution is -2.31. The average molecular weight is 1760 g/mol. The van der Waals surface area contributed by atoms with Crippen molar-refractivity contribution in [1.82, 2.24) is 15.2 Å². The van der Waals surface area contributed by atoms with Crippen LogP contribution in [0, 0.1) is 0 Å². The van der Waals surface area contributed by atoms with Gasteiger partial charge in [-0.2, -0.15) is 0 Å². The Labute approximate surface area is 780 Å². The molecule has 0 spiro atoms. The summed E-state index contributed by atoms with van der Waals surface area (Å²) in [5, 5.41) is 6.61. The van der Waals surface area contributed by atoms with Crippen LogP contribution in [0.25, 0.3) is 50.0 Å². The highest BCUT2D eigenvalue weighted by atomic mass is 16.2. The summed E-state index contributed by atoms with van der Waals surface area (Å²) in [7, 11) is 3.96. The molecule has 19 heteroatoms. The van der Waals surface area contributed by atoms with Gasteiger partial charge in [0.25, 0.3) is 5.91 Å². The Morgan fingerprint density at radius 1 is 0.328 bits per heavy atom. The van der Waals surface area contributed by atoms with Gasteiger partial charge in [-0.15, -0.1) is 0 Å². The van der Waals surface area contributed by atoms with Gasteiger partial charge in [0.05, 0.1) is 61.3 Å². The molecule has 11 heterocycles. The SMILES string of the molecule is CN(C)CCNC(=O)c1cccc(/C=C/C2=NCc3ccc(N4CCCC4=O)cc32)c1.O=C1CCCN1c1ccc2c(c1)C(c1ccc(-c3ccccc3)cc1)=NC2.O=C1CCCN1c1ccc2c(c1)C(c1ccc3cc[nH]c3c1)=NC2.O=C1CCCN1c1ccc2c(c1)C(c1ccc3ccccc3c1)=NC2.O=C1CCCN1c1ccc2c(c1)C(c1cccc(-c3ccccc3)c1)=NC2. The van der Waals surface area contributed by atoms with Crippen molar-refractivity contribution in [2.45, 2.75) is 96.9 Å². The molecular formula is C115H103N13O6. The molecule has 6 amide bonds. The fourth-order valence-electron chi connectivity index (χ4n) is 19.4. The third kappa shape index (κ3) is 18.7. The van der Waals surface area contributed by atoms with Crippen molar-refractivity contribution in [3.63, 3.8) is 0 Å². The summed E-state index contributed by atoms with van der Waals surface area (Å²) in [6.45, 7) is 8.95. The third-order valence-electron chi connectivity index (χ3n) is 26.5. The highest BCUT2D eigenvalue weighted by Crippen LogP contribution is 2.38. The highest BCUT2D eigenvalue weighted by molar-refractivity contribution is 6.20. The summed E-state index contributed by atoms with van der Waals surface area (Å²) in [5.41, 5.74) is 33.7. The molecule has 24 rings (SSSR count). The first kappa shape index (κ1) is 86.6. The lowest BCUT2D eigenvalue weighted by atomic mass is 9.96. The van der Waals surface area contributed by atoms with Crippen LogP contribution < -0.4 is 29.8 Å². The van der Waals surface area contributed by atoms with E-state index in [1.54, 1.807) is 0 Å². The highest BCUT2D eigenvalue weighted by Gasteiger charge is 2.32. The molecule has 19 nitrogen and oxygen atoms in total. The molecular weight excluding hydrogens is 1660 g/mol. The standard InChI is InChI=1S/C25H28N4O2.2C24H20N2O.C22H18N2O.C20H17N3O/c1-28(2)14-12-26-25(31)19-6-3-5-18(15-19)8-11-23-22-16-21(10-9-20(22)17-27-23)29-13-4-7-24(29)30;27-23-10-5-13-26(23)21-12-11-20-16-25-24(22(20)15-21)19-9-4-8-18(14-19)17-6-2-1-3-7-17;27-23-7-4-14-26(23)21-13-12-20-16-25-24(22(20)15-21)19-10-8-18(9-11-19)17-5-2-1-3-6-17;25-21-6-3-11-24(21)19-10-9-18-14-23-22(20(18)13-19)17-8-7-15-4-1-2-5-16(15)12-17;24-19-2-1-9-23(19)16-6-5-15-12-22-20(17(15)11-16)14-4-3-13-7-8-21-18(13)10-14/h3,5-6,8-11,15-16H,4,7,12-14,17H2,1-2H3,(H,26,31);1-4,6-9,11-12,14-15H,5,10,13,16H2;1-3,5-6,8-13,15H,4,7,14,16H2;1-2,4-5,7-10,12-13H,3,6,11,14H2;3-8,10-11,21H,1-2,9,12H2/b11-8+;;;;. The predicted molar refractivity (Wildman–Crippen MR) is 540 cm³/mol. The molecule has 0 unspecified atom stereocenters. The van der Waals surface area contributed by atoms with Crippen LogP contribution in [0.1, 0.15) is 158 Å². The molecule has 0 saturated carbocycles. The molecule has 134 heavy (non-hydrogen) atoms. The number of hydrogen-bond acceptors (Lipinski definition) is 12. The van der Waals surface area contributed by atoms with Gasteiger partial charge in [0, 0.05) is 174 Å². The summed E-state index contributed by atoms with van der Waals surface area (Å²) in [6, 6.07) is 100. The smallest absolute Gasteiger partial charge is 0.251 e. The van der Waals surface area contributed by atoms with Crippen molar-refractivity contribution < 1.29 is 28.8 Å². The van der Waals surface area contributed by atoms with Crippen molar-refractivity contribution in [2.24, 2.45) is 25.0 Å². The van der Waals surface area contributed by atoms with Gasteiger partial charge in [0.15, 0.2) is 0 Å². The quantitative estimate of drug-likeness (QED) is 0.0899. The Balaban J connectivity index is 0.000000104. The van der Waals surface area contributed by atoms with E-state index in [1.807, 2.05) is 104 Å². The Morgan fingerprint density at radius 2 is 0.701 bits per heavy atom. The van der Waals surface area contributed by atoms with Crippen molar-refractivity contribution in [3.05, 3.63) is 392 Å². The average Bonchev–Trinajstić information content (AvgIpc) is 1.63. The van der Waals surface area contributed by atoms with Crippen LogP contribution in [0.3, 0.4) is 0 Å². The maximum atomic E-state index is 12.4. The van der Waals surface area contributed by atoms with Crippen LogP contribution in [0.2, 0.25) is 0 Å². The number of likely N-dealkylation sites (N-methyl/N-ethyl adjacent to an activating group) is 1. The molecule has 664 valence electrons. The first-order valence-corrected chi connectivity index (χ1v) is 46.7. The number of amides is 6. The molecule has 5 saturated heterocycles. The van der Waals surface area contributed by atoms with E-state index in [0.29, 0.717) is 76.9 Å². The summed E-state index contributed by atoms with van der Waals surface area (Å²) >= 11 is 0. The maximum Gasteiger partial charge on any atom is 0.251 e. The van der Waals surface area contributed by atoms with Gasteiger partial charge in [-0.1, -0.05) is 200 Å². The van der Waals surface area contributed by atoms with E-state index in [4.69, 9.17) is 20.0 Å². The normalized spacial score (nSPS) is 16.0. The monoisotopic (exact) mass is 1760 g/mol. The number of hydrogen-bond donors (Lipinski definition) is 2. The number of aromatic amines is 1. The van der Waals surface area contributed by atoms with E-state index in [0.717, 1.165) is 190 Å². The molecule has 5 fully saturated rings. The van der Waals surface area contributed by atoms with Crippen molar-refractivity contribution >= 4 is 120 Å². The molecule has 0 radical (unpaired) electrons. The number of carbonyl (C=O) groups excluding carboxylic acids is 6. The molecule has 0 aliphatic carbocycles. The number of carbonyl (C=O) groups is 6. The number of fused-ring (bicyclic) bond motifs is 7. The first-order chi connectivity index (χ1) is 65.7. The van der Waals surface area contributed by atoms with Crippen molar-refractivity contribution in [2.75, 3.05) is 84.4 Å². The van der Waals surface area contributed by atoms with Crippen LogP contribution in [0.4, 0.5) is 28.4 Å². The van der Waals surface area contributed by atoms with Crippen LogP contribution in [-0.4, -0.2) is 134 Å². The van der Waals surface area contributed by atoms with Gasteiger partial charge in [0.2, 0.25) is 29.5 Å². The number of aromatic nitrogens is 1. The predicted octanol–water partition coefficient (Wildman–Crippen LogP) is 20.7. The van der Waals surface area contributed by atoms with Gasteiger partial charge >= 0.3 is 0 Å². The zero-order valence-electron chi connectivity index (χ0n) is 75.4. The third-order valence-corrected chi connectivity index (χ3v) is 26.5. The van der Waals surface area contributed by atoms with E-state index < -0.39 is 0 Å². The molecule has 10 aliphatic heterocycles. The number of nitrogens with zero attached hydrogens (tertiary/aromatic N) is 11. The molecule has 2 N–H and O–H groups in total. The minimum absolute atomic E-state index is 0.0689. The van der Waals surface area contributed by atoms with E-state index in [1.165, 1.54) is 66.2 Å². The lowest BCUT2D eigenvalue weighted by molar-refractivity contribution is -0.117. The first-order valence-electron chi connectivity index (χ1n) is 46.7. The maximum absolute atomic E-state index is 12.4. The summed E-state index contributed by atoms with van der Waals surface area (Å²) in [4.78, 5) is 111. The molecule has 1 aromatic heterocycles. The van der Waals surface area contributed by atoms with Crippen molar-refractivity contribution in [1.29, 1.82) is 0 Å².